The Labute approximate surface area is 269 Å². The lowest BCUT2D eigenvalue weighted by Crippen LogP contribution is -2.43. The summed E-state index contributed by atoms with van der Waals surface area (Å²) in [6, 6.07) is 30.2. The van der Waals surface area contributed by atoms with Crippen LogP contribution in [0.5, 0.6) is 5.75 Å². The number of hydrogen-bond donors (Lipinski definition) is 0. The second-order valence-corrected chi connectivity index (χ2v) is 11.8. The molecule has 0 aliphatic heterocycles. The standard InChI is InChI=1S/C39H49N3O3/c1-4-6-8-10-15-32-21-23-35(24-22-32)39(44)41(25-7-5-2)31-38(43)42(28-33-16-11-9-12-17-33)30-36-19-14-26-40(36)29-34-18-13-20-37(27-34)45-3/h9,11-14,16-24,26-27H,4-8,10,15,25,28-31H2,1-3H3. The molecule has 0 saturated carbocycles. The SMILES string of the molecule is CCCCCCc1ccc(C(=O)N(CCCC)CC(=O)N(Cc2ccccc2)Cc2cccn2Cc2cccc(OC)c2)cc1. The Balaban J connectivity index is 1.51. The molecule has 238 valence electrons. The van der Waals surface area contributed by atoms with Crippen molar-refractivity contribution < 1.29 is 14.3 Å². The average Bonchev–Trinajstić information content (AvgIpc) is 3.51. The highest BCUT2D eigenvalue weighted by Crippen LogP contribution is 2.18. The van der Waals surface area contributed by atoms with E-state index in [1.54, 1.807) is 12.0 Å². The zero-order chi connectivity index (χ0) is 31.9. The Morgan fingerprint density at radius 2 is 1.47 bits per heavy atom. The normalized spacial score (nSPS) is 10.9. The topological polar surface area (TPSA) is 54.8 Å². The molecule has 2 amide bonds. The Bertz CT molecular complexity index is 1460. The summed E-state index contributed by atoms with van der Waals surface area (Å²) < 4.78 is 7.59. The molecule has 0 N–H and O–H groups in total. The van der Waals surface area contributed by atoms with Crippen LogP contribution in [-0.4, -0.2) is 46.4 Å². The van der Waals surface area contributed by atoms with Gasteiger partial charge in [-0.05, 0) is 72.4 Å². The van der Waals surface area contributed by atoms with Crippen LogP contribution in [0.1, 0.15) is 85.1 Å². The molecule has 0 radical (unpaired) electrons. The van der Waals surface area contributed by atoms with E-state index in [4.69, 9.17) is 4.74 Å². The van der Waals surface area contributed by atoms with E-state index in [2.05, 4.69) is 42.7 Å². The summed E-state index contributed by atoms with van der Waals surface area (Å²) in [6.45, 7) is 6.49. The third kappa shape index (κ3) is 10.4. The fourth-order valence-corrected chi connectivity index (χ4v) is 5.56. The van der Waals surface area contributed by atoms with Crippen LogP contribution in [0.4, 0.5) is 0 Å². The Morgan fingerprint density at radius 1 is 0.711 bits per heavy atom. The predicted octanol–water partition coefficient (Wildman–Crippen LogP) is 8.14. The van der Waals surface area contributed by atoms with Gasteiger partial charge in [-0.15, -0.1) is 0 Å². The molecule has 0 unspecified atom stereocenters. The number of benzene rings is 3. The van der Waals surface area contributed by atoms with Crippen molar-refractivity contribution in [2.24, 2.45) is 0 Å². The molecule has 1 aromatic heterocycles. The van der Waals surface area contributed by atoms with Gasteiger partial charge in [-0.1, -0.05) is 94.1 Å². The summed E-state index contributed by atoms with van der Waals surface area (Å²) in [6.07, 6.45) is 9.74. The van der Waals surface area contributed by atoms with Crippen LogP contribution < -0.4 is 4.74 Å². The van der Waals surface area contributed by atoms with Gasteiger partial charge in [0.05, 0.1) is 13.7 Å². The molecule has 6 heteroatoms. The molecule has 45 heavy (non-hydrogen) atoms. The maximum absolute atomic E-state index is 14.1. The highest BCUT2D eigenvalue weighted by molar-refractivity contribution is 5.96. The Morgan fingerprint density at radius 3 is 2.20 bits per heavy atom. The number of aryl methyl sites for hydroxylation is 1. The number of carbonyl (C=O) groups excluding carboxylic acids is 2. The lowest BCUT2D eigenvalue weighted by atomic mass is 10.0. The Hall–Kier alpha value is -4.32. The largest absolute Gasteiger partial charge is 0.497 e. The van der Waals surface area contributed by atoms with Crippen molar-refractivity contribution in [2.75, 3.05) is 20.2 Å². The molecule has 4 aromatic rings. The van der Waals surface area contributed by atoms with E-state index >= 15 is 0 Å². The van der Waals surface area contributed by atoms with Crippen LogP contribution in [0.15, 0.2) is 97.2 Å². The molecule has 3 aromatic carbocycles. The zero-order valence-electron chi connectivity index (χ0n) is 27.3. The quantitative estimate of drug-likeness (QED) is 0.107. The number of amides is 2. The van der Waals surface area contributed by atoms with E-state index in [1.165, 1.54) is 31.2 Å². The second-order valence-electron chi connectivity index (χ2n) is 11.8. The van der Waals surface area contributed by atoms with Gasteiger partial charge in [-0.3, -0.25) is 9.59 Å². The van der Waals surface area contributed by atoms with Gasteiger partial charge < -0.3 is 19.1 Å². The van der Waals surface area contributed by atoms with E-state index in [0.29, 0.717) is 31.7 Å². The highest BCUT2D eigenvalue weighted by atomic mass is 16.5. The van der Waals surface area contributed by atoms with Crippen molar-refractivity contribution >= 4 is 11.8 Å². The van der Waals surface area contributed by atoms with Crippen LogP contribution >= 0.6 is 0 Å². The summed E-state index contributed by atoms with van der Waals surface area (Å²) in [4.78, 5) is 31.4. The monoisotopic (exact) mass is 607 g/mol. The van der Waals surface area contributed by atoms with Gasteiger partial charge in [0.15, 0.2) is 0 Å². The van der Waals surface area contributed by atoms with E-state index in [0.717, 1.165) is 41.8 Å². The third-order valence-corrected chi connectivity index (χ3v) is 8.25. The maximum atomic E-state index is 14.1. The molecule has 0 aliphatic rings. The lowest BCUT2D eigenvalue weighted by molar-refractivity contribution is -0.133. The van der Waals surface area contributed by atoms with Crippen LogP contribution in [0.3, 0.4) is 0 Å². The van der Waals surface area contributed by atoms with E-state index in [-0.39, 0.29) is 18.4 Å². The maximum Gasteiger partial charge on any atom is 0.254 e. The number of methoxy groups -OCH3 is 1. The minimum absolute atomic E-state index is 0.0427. The lowest BCUT2D eigenvalue weighted by Gasteiger charge is -2.28. The van der Waals surface area contributed by atoms with Gasteiger partial charge in [-0.25, -0.2) is 0 Å². The minimum Gasteiger partial charge on any atom is -0.497 e. The van der Waals surface area contributed by atoms with Crippen LogP contribution in [0.25, 0.3) is 0 Å². The number of rotatable bonds is 18. The predicted molar refractivity (Wildman–Crippen MR) is 182 cm³/mol. The Kier molecular flexibility index (Phi) is 13.3. The van der Waals surface area contributed by atoms with Crippen molar-refractivity contribution in [3.63, 3.8) is 0 Å². The summed E-state index contributed by atoms with van der Waals surface area (Å²) in [5.74, 6) is 0.668. The van der Waals surface area contributed by atoms with Gasteiger partial charge >= 0.3 is 0 Å². The summed E-state index contributed by atoms with van der Waals surface area (Å²) in [7, 11) is 1.67. The van der Waals surface area contributed by atoms with Crippen molar-refractivity contribution in [1.29, 1.82) is 0 Å². The van der Waals surface area contributed by atoms with Crippen LogP contribution in [0, 0.1) is 0 Å². The smallest absolute Gasteiger partial charge is 0.254 e. The molecule has 4 rings (SSSR count). The van der Waals surface area contributed by atoms with Crippen LogP contribution in [-0.2, 0) is 30.8 Å². The first kappa shape index (κ1) is 33.6. The van der Waals surface area contributed by atoms with E-state index < -0.39 is 0 Å². The zero-order valence-corrected chi connectivity index (χ0v) is 27.3. The third-order valence-electron chi connectivity index (χ3n) is 8.25. The number of carbonyl (C=O) groups is 2. The molecule has 0 atom stereocenters. The molecule has 1 heterocycles. The number of hydrogen-bond acceptors (Lipinski definition) is 3. The van der Waals surface area contributed by atoms with Crippen molar-refractivity contribution in [3.8, 4) is 5.75 Å². The number of unbranched alkanes of at least 4 members (excludes halogenated alkanes) is 4. The first-order valence-electron chi connectivity index (χ1n) is 16.5. The molecule has 0 aliphatic carbocycles. The van der Waals surface area contributed by atoms with Crippen LogP contribution in [0.2, 0.25) is 0 Å². The first-order valence-corrected chi connectivity index (χ1v) is 16.5. The molecular weight excluding hydrogens is 558 g/mol. The van der Waals surface area contributed by atoms with Gasteiger partial charge in [0.1, 0.15) is 12.3 Å². The summed E-state index contributed by atoms with van der Waals surface area (Å²) in [5.41, 5.74) is 5.10. The first-order chi connectivity index (χ1) is 22.0. The highest BCUT2D eigenvalue weighted by Gasteiger charge is 2.23. The van der Waals surface area contributed by atoms with Gasteiger partial charge in [-0.2, -0.15) is 0 Å². The molecule has 0 fully saturated rings. The second kappa shape index (κ2) is 17.8. The minimum atomic E-state index is -0.0876. The van der Waals surface area contributed by atoms with E-state index in [1.807, 2.05) is 77.8 Å². The average molecular weight is 608 g/mol. The van der Waals surface area contributed by atoms with Crippen molar-refractivity contribution in [1.82, 2.24) is 14.4 Å². The van der Waals surface area contributed by atoms with E-state index in [9.17, 15) is 9.59 Å². The molecule has 6 nitrogen and oxygen atoms in total. The van der Waals surface area contributed by atoms with Gasteiger partial charge in [0, 0.05) is 37.1 Å². The molecular formula is C39H49N3O3. The van der Waals surface area contributed by atoms with Gasteiger partial charge in [0.25, 0.3) is 5.91 Å². The fourth-order valence-electron chi connectivity index (χ4n) is 5.56. The number of ether oxygens (including phenoxy) is 1. The summed E-state index contributed by atoms with van der Waals surface area (Å²) >= 11 is 0. The molecule has 0 bridgehead atoms. The van der Waals surface area contributed by atoms with Gasteiger partial charge in [0.2, 0.25) is 5.91 Å². The van der Waals surface area contributed by atoms with Crippen molar-refractivity contribution in [2.45, 2.75) is 78.4 Å². The summed E-state index contributed by atoms with van der Waals surface area (Å²) in [5, 5.41) is 0. The fraction of sp³-hybridized carbons (Fsp3) is 0.385. The number of nitrogens with zero attached hydrogens (tertiary/aromatic N) is 3. The number of aromatic nitrogens is 1. The van der Waals surface area contributed by atoms with Crippen molar-refractivity contribution in [3.05, 3.63) is 125 Å². The molecule has 0 spiro atoms. The molecule has 0 saturated heterocycles.